The molecule has 1 amide bonds. The molecule has 0 saturated carbocycles. The zero-order valence-electron chi connectivity index (χ0n) is 11.9. The summed E-state index contributed by atoms with van der Waals surface area (Å²) in [6.45, 7) is 1.01. The Balaban J connectivity index is 1.60. The normalized spacial score (nSPS) is 10.1. The molecule has 0 aliphatic carbocycles. The van der Waals surface area contributed by atoms with Gasteiger partial charge in [0.2, 0.25) is 5.91 Å². The summed E-state index contributed by atoms with van der Waals surface area (Å²) in [5.74, 6) is 0.786. The fourth-order valence-corrected chi connectivity index (χ4v) is 1.90. The van der Waals surface area contributed by atoms with Crippen LogP contribution in [0.25, 0.3) is 0 Å². The quantitative estimate of drug-likeness (QED) is 0.767. The fourth-order valence-electron chi connectivity index (χ4n) is 1.90. The summed E-state index contributed by atoms with van der Waals surface area (Å²) in [7, 11) is 0. The molecule has 3 N–H and O–H groups in total. The highest BCUT2D eigenvalue weighted by molar-refractivity contribution is 5.75. The van der Waals surface area contributed by atoms with Crippen LogP contribution in [-0.2, 0) is 11.2 Å². The van der Waals surface area contributed by atoms with E-state index in [2.05, 4.69) is 5.32 Å². The van der Waals surface area contributed by atoms with Crippen molar-refractivity contribution in [2.24, 2.45) is 0 Å². The van der Waals surface area contributed by atoms with E-state index in [1.54, 1.807) is 0 Å². The van der Waals surface area contributed by atoms with E-state index < -0.39 is 0 Å². The van der Waals surface area contributed by atoms with Gasteiger partial charge >= 0.3 is 0 Å². The monoisotopic (exact) mass is 284 g/mol. The van der Waals surface area contributed by atoms with Crippen LogP contribution in [0.4, 0.5) is 5.69 Å². The number of carbonyl (C=O) groups is 1. The zero-order chi connectivity index (χ0) is 14.9. The van der Waals surface area contributed by atoms with Crippen molar-refractivity contribution in [3.05, 3.63) is 60.2 Å². The molecule has 0 aromatic heterocycles. The maximum absolute atomic E-state index is 11.7. The Labute approximate surface area is 124 Å². The number of hydrogen-bond acceptors (Lipinski definition) is 3. The minimum atomic E-state index is 0.00127. The third-order valence-electron chi connectivity index (χ3n) is 3.06. The highest BCUT2D eigenvalue weighted by Gasteiger charge is 2.01. The largest absolute Gasteiger partial charge is 0.493 e. The molecular weight excluding hydrogens is 264 g/mol. The summed E-state index contributed by atoms with van der Waals surface area (Å²) in [5.41, 5.74) is 7.53. The maximum Gasteiger partial charge on any atom is 0.223 e. The number of para-hydroxylation sites is 1. The third-order valence-corrected chi connectivity index (χ3v) is 3.06. The number of hydrogen-bond donors (Lipinski definition) is 2. The van der Waals surface area contributed by atoms with Crippen molar-refractivity contribution in [2.75, 3.05) is 18.9 Å². The van der Waals surface area contributed by atoms with Crippen LogP contribution < -0.4 is 15.8 Å². The van der Waals surface area contributed by atoms with E-state index in [1.165, 1.54) is 0 Å². The Morgan fingerprint density at radius 2 is 1.76 bits per heavy atom. The fraction of sp³-hybridized carbons (Fsp3) is 0.235. The van der Waals surface area contributed by atoms with Crippen LogP contribution in [0.1, 0.15) is 12.0 Å². The molecule has 0 fully saturated rings. The van der Waals surface area contributed by atoms with Crippen LogP contribution in [0.2, 0.25) is 0 Å². The molecule has 21 heavy (non-hydrogen) atoms. The molecule has 2 aromatic rings. The molecule has 0 bridgehead atoms. The van der Waals surface area contributed by atoms with Crippen molar-refractivity contribution < 1.29 is 9.53 Å². The lowest BCUT2D eigenvalue weighted by atomic mass is 10.1. The molecular formula is C17H20N2O2. The summed E-state index contributed by atoms with van der Waals surface area (Å²) in [6, 6.07) is 17.2. The average molecular weight is 284 g/mol. The summed E-state index contributed by atoms with van der Waals surface area (Å²) in [4.78, 5) is 11.7. The van der Waals surface area contributed by atoms with Gasteiger partial charge in [0.05, 0.1) is 13.0 Å². The smallest absolute Gasteiger partial charge is 0.223 e. The van der Waals surface area contributed by atoms with Crippen LogP contribution in [0, 0.1) is 0 Å². The van der Waals surface area contributed by atoms with Gasteiger partial charge in [0.15, 0.2) is 0 Å². The van der Waals surface area contributed by atoms with Crippen LogP contribution in [0.5, 0.6) is 5.75 Å². The van der Waals surface area contributed by atoms with Gasteiger partial charge in [-0.3, -0.25) is 4.79 Å². The molecule has 0 spiro atoms. The van der Waals surface area contributed by atoms with Gasteiger partial charge in [-0.25, -0.2) is 0 Å². The number of amides is 1. The molecule has 0 atom stereocenters. The van der Waals surface area contributed by atoms with Crippen molar-refractivity contribution in [3.63, 3.8) is 0 Å². The Kier molecular flexibility index (Phi) is 5.64. The molecule has 110 valence electrons. The van der Waals surface area contributed by atoms with Gasteiger partial charge in [0.25, 0.3) is 0 Å². The van der Waals surface area contributed by atoms with Crippen molar-refractivity contribution in [1.29, 1.82) is 0 Å². The molecule has 4 nitrogen and oxygen atoms in total. The Hall–Kier alpha value is -2.49. The topological polar surface area (TPSA) is 64.3 Å². The predicted molar refractivity (Wildman–Crippen MR) is 84.1 cm³/mol. The molecule has 0 unspecified atom stereocenters. The average Bonchev–Trinajstić information content (AvgIpc) is 2.50. The lowest BCUT2D eigenvalue weighted by Crippen LogP contribution is -2.27. The number of benzene rings is 2. The van der Waals surface area contributed by atoms with Gasteiger partial charge in [0, 0.05) is 12.2 Å². The highest BCUT2D eigenvalue weighted by atomic mass is 16.5. The van der Waals surface area contributed by atoms with Crippen LogP contribution in [0.3, 0.4) is 0 Å². The molecule has 0 saturated heterocycles. The molecule has 0 aliphatic rings. The second-order valence-electron chi connectivity index (χ2n) is 4.75. The lowest BCUT2D eigenvalue weighted by molar-refractivity contribution is -0.121. The Morgan fingerprint density at radius 3 is 2.48 bits per heavy atom. The third kappa shape index (κ3) is 5.57. The highest BCUT2D eigenvalue weighted by Crippen LogP contribution is 2.08. The van der Waals surface area contributed by atoms with Crippen molar-refractivity contribution in [2.45, 2.75) is 12.8 Å². The van der Waals surface area contributed by atoms with Crippen LogP contribution in [-0.4, -0.2) is 19.1 Å². The molecule has 0 aliphatic heterocycles. The van der Waals surface area contributed by atoms with E-state index in [1.807, 2.05) is 54.6 Å². The van der Waals surface area contributed by atoms with Gasteiger partial charge in [0.1, 0.15) is 5.75 Å². The summed E-state index contributed by atoms with van der Waals surface area (Å²) in [5, 5.41) is 2.88. The van der Waals surface area contributed by atoms with Crippen LogP contribution >= 0.6 is 0 Å². The minimum Gasteiger partial charge on any atom is -0.493 e. The van der Waals surface area contributed by atoms with Gasteiger partial charge in [-0.15, -0.1) is 0 Å². The number of anilines is 1. The van der Waals surface area contributed by atoms with Gasteiger partial charge < -0.3 is 15.8 Å². The number of nitrogens with one attached hydrogen (secondary N) is 1. The van der Waals surface area contributed by atoms with Crippen molar-refractivity contribution >= 4 is 11.6 Å². The number of nitrogen functional groups attached to an aromatic ring is 1. The maximum atomic E-state index is 11.7. The van der Waals surface area contributed by atoms with Crippen LogP contribution in [0.15, 0.2) is 54.6 Å². The molecule has 0 heterocycles. The first kappa shape index (κ1) is 14.9. The second kappa shape index (κ2) is 7.94. The number of rotatable bonds is 7. The first-order valence-electron chi connectivity index (χ1n) is 7.03. The zero-order valence-corrected chi connectivity index (χ0v) is 11.9. The number of ether oxygens (including phenoxy) is 1. The molecule has 4 heteroatoms. The van der Waals surface area contributed by atoms with Crippen molar-refractivity contribution in [1.82, 2.24) is 5.32 Å². The molecule has 2 aromatic carbocycles. The van der Waals surface area contributed by atoms with E-state index in [4.69, 9.17) is 10.5 Å². The van der Waals surface area contributed by atoms with E-state index in [9.17, 15) is 4.79 Å². The molecule has 0 radical (unpaired) electrons. The number of nitrogens with two attached hydrogens (primary N) is 1. The summed E-state index contributed by atoms with van der Waals surface area (Å²) >= 11 is 0. The SMILES string of the molecule is Nc1ccc(CCNC(=O)CCOc2ccccc2)cc1. The minimum absolute atomic E-state index is 0.00127. The lowest BCUT2D eigenvalue weighted by Gasteiger charge is -2.07. The first-order chi connectivity index (χ1) is 10.2. The van der Waals surface area contributed by atoms with E-state index in [0.29, 0.717) is 19.6 Å². The van der Waals surface area contributed by atoms with Gasteiger partial charge in [-0.2, -0.15) is 0 Å². The summed E-state index contributed by atoms with van der Waals surface area (Å²) in [6.07, 6.45) is 1.15. The Bertz CT molecular complexity index is 553. The van der Waals surface area contributed by atoms with E-state index in [0.717, 1.165) is 23.4 Å². The standard InChI is InChI=1S/C17H20N2O2/c18-15-8-6-14(7-9-15)10-12-19-17(20)11-13-21-16-4-2-1-3-5-16/h1-9H,10-13,18H2,(H,19,20). The number of carbonyl (C=O) groups excluding carboxylic acids is 1. The van der Waals surface area contributed by atoms with Crippen molar-refractivity contribution in [3.8, 4) is 5.75 Å². The first-order valence-corrected chi connectivity index (χ1v) is 7.03. The van der Waals surface area contributed by atoms with E-state index >= 15 is 0 Å². The summed E-state index contributed by atoms with van der Waals surface area (Å²) < 4.78 is 5.48. The van der Waals surface area contributed by atoms with E-state index in [-0.39, 0.29) is 5.91 Å². The Morgan fingerprint density at radius 1 is 1.05 bits per heavy atom. The van der Waals surface area contributed by atoms with Gasteiger partial charge in [-0.05, 0) is 36.2 Å². The molecule has 2 rings (SSSR count). The predicted octanol–water partition coefficient (Wildman–Crippen LogP) is 2.40. The second-order valence-corrected chi connectivity index (χ2v) is 4.75. The van der Waals surface area contributed by atoms with Gasteiger partial charge in [-0.1, -0.05) is 30.3 Å².